The number of hydrogen-bond acceptors (Lipinski definition) is 6. The molecule has 3 aromatic carbocycles. The van der Waals surface area contributed by atoms with Gasteiger partial charge in [-0.3, -0.25) is 20.1 Å². The first-order valence-electron chi connectivity index (χ1n) is 9.79. The van der Waals surface area contributed by atoms with Crippen LogP contribution in [0.25, 0.3) is 32.7 Å². The zero-order valence-electron chi connectivity index (χ0n) is 16.4. The Kier molecular flexibility index (Phi) is 3.90. The predicted octanol–water partition coefficient (Wildman–Crippen LogP) is 4.30. The number of anilines is 4. The van der Waals surface area contributed by atoms with Gasteiger partial charge in [-0.15, -0.1) is 0 Å². The van der Waals surface area contributed by atoms with E-state index in [0.29, 0.717) is 50.6 Å². The minimum Gasteiger partial charge on any atom is -0.324 e. The molecule has 0 aliphatic heterocycles. The van der Waals surface area contributed by atoms with Gasteiger partial charge in [-0.05, 0) is 42.5 Å². The lowest BCUT2D eigenvalue weighted by Crippen LogP contribution is -2.03. The van der Waals surface area contributed by atoms with Crippen LogP contribution in [0.2, 0.25) is 0 Å². The summed E-state index contributed by atoms with van der Waals surface area (Å²) in [6.07, 6.45) is 0. The molecule has 10 heteroatoms. The second kappa shape index (κ2) is 6.91. The van der Waals surface area contributed by atoms with Crippen LogP contribution >= 0.6 is 0 Å². The van der Waals surface area contributed by atoms with E-state index in [1.54, 1.807) is 30.3 Å². The minimum atomic E-state index is -0.385. The summed E-state index contributed by atoms with van der Waals surface area (Å²) < 4.78 is 14.4. The van der Waals surface area contributed by atoms with Crippen molar-refractivity contribution in [1.82, 2.24) is 30.4 Å². The molecular weight excluding hydrogens is 411 g/mol. The second-order valence-corrected chi connectivity index (χ2v) is 7.24. The average molecular weight is 426 g/mol. The molecule has 0 aliphatic rings. The molecule has 6 rings (SSSR count). The van der Waals surface area contributed by atoms with Gasteiger partial charge in [0.05, 0.1) is 27.3 Å². The zero-order valence-corrected chi connectivity index (χ0v) is 16.4. The summed E-state index contributed by atoms with van der Waals surface area (Å²) in [6.45, 7) is 0. The van der Waals surface area contributed by atoms with Crippen LogP contribution in [0.15, 0.2) is 65.5 Å². The van der Waals surface area contributed by atoms with Crippen LogP contribution in [0.3, 0.4) is 0 Å². The van der Waals surface area contributed by atoms with Gasteiger partial charge in [-0.25, -0.2) is 9.37 Å². The highest BCUT2D eigenvalue weighted by atomic mass is 19.1. The first-order chi connectivity index (χ1) is 15.7. The zero-order chi connectivity index (χ0) is 21.7. The molecule has 32 heavy (non-hydrogen) atoms. The van der Waals surface area contributed by atoms with Crippen molar-refractivity contribution in [1.29, 1.82) is 0 Å². The van der Waals surface area contributed by atoms with Gasteiger partial charge in [0, 0.05) is 11.1 Å². The van der Waals surface area contributed by atoms with Gasteiger partial charge in [0.1, 0.15) is 11.6 Å². The molecule has 0 spiro atoms. The molecule has 0 unspecified atom stereocenters. The SMILES string of the molecule is O=c1[nH][nH]c2cc(Nc3nc(Nc4n[nH]c5cccc(F)c45)c4ccccc4n3)ccc12. The molecule has 3 heterocycles. The third-order valence-corrected chi connectivity index (χ3v) is 5.21. The highest BCUT2D eigenvalue weighted by molar-refractivity contribution is 5.97. The van der Waals surface area contributed by atoms with Crippen molar-refractivity contribution in [3.8, 4) is 0 Å². The highest BCUT2D eigenvalue weighted by Crippen LogP contribution is 2.30. The molecule has 0 radical (unpaired) electrons. The number of halogens is 1. The number of rotatable bonds is 4. The normalized spacial score (nSPS) is 11.4. The molecule has 0 saturated heterocycles. The molecule has 0 bridgehead atoms. The number of H-pyrrole nitrogens is 3. The van der Waals surface area contributed by atoms with Crippen molar-refractivity contribution in [3.05, 3.63) is 76.8 Å². The average Bonchev–Trinajstić information content (AvgIpc) is 3.38. The fraction of sp³-hybridized carbons (Fsp3) is 0. The number of nitrogens with zero attached hydrogens (tertiary/aromatic N) is 3. The summed E-state index contributed by atoms with van der Waals surface area (Å²) in [4.78, 5) is 20.9. The van der Waals surface area contributed by atoms with Crippen LogP contribution in [0.5, 0.6) is 0 Å². The molecule has 156 valence electrons. The lowest BCUT2D eigenvalue weighted by atomic mass is 10.2. The van der Waals surface area contributed by atoms with Crippen LogP contribution < -0.4 is 16.2 Å². The van der Waals surface area contributed by atoms with E-state index in [0.717, 1.165) is 5.39 Å². The Morgan fingerprint density at radius 3 is 2.66 bits per heavy atom. The second-order valence-electron chi connectivity index (χ2n) is 7.24. The summed E-state index contributed by atoms with van der Waals surface area (Å²) in [7, 11) is 0. The first-order valence-corrected chi connectivity index (χ1v) is 9.79. The van der Waals surface area contributed by atoms with Crippen LogP contribution in [-0.4, -0.2) is 30.4 Å². The largest absolute Gasteiger partial charge is 0.324 e. The Hall–Kier alpha value is -4.73. The molecular formula is C22H15FN8O. The van der Waals surface area contributed by atoms with Gasteiger partial charge >= 0.3 is 0 Å². The topological polar surface area (TPSA) is 127 Å². The summed E-state index contributed by atoms with van der Waals surface area (Å²) >= 11 is 0. The number of benzene rings is 3. The van der Waals surface area contributed by atoms with Gasteiger partial charge in [0.2, 0.25) is 5.95 Å². The van der Waals surface area contributed by atoms with E-state index < -0.39 is 0 Å². The van der Waals surface area contributed by atoms with Gasteiger partial charge in [0.15, 0.2) is 5.82 Å². The summed E-state index contributed by atoms with van der Waals surface area (Å²) in [5.74, 6) is 0.762. The van der Waals surface area contributed by atoms with Crippen molar-refractivity contribution in [3.63, 3.8) is 0 Å². The Balaban J connectivity index is 1.43. The number of fused-ring (bicyclic) bond motifs is 3. The number of hydrogen-bond donors (Lipinski definition) is 5. The summed E-state index contributed by atoms with van der Waals surface area (Å²) in [6, 6.07) is 17.5. The van der Waals surface area contributed by atoms with Crippen LogP contribution in [0.1, 0.15) is 0 Å². The quantitative estimate of drug-likeness (QED) is 0.286. The Morgan fingerprint density at radius 1 is 0.812 bits per heavy atom. The third-order valence-electron chi connectivity index (χ3n) is 5.21. The minimum absolute atomic E-state index is 0.182. The molecule has 0 aliphatic carbocycles. The fourth-order valence-corrected chi connectivity index (χ4v) is 3.70. The van der Waals surface area contributed by atoms with E-state index in [1.165, 1.54) is 6.07 Å². The molecule has 0 saturated carbocycles. The highest BCUT2D eigenvalue weighted by Gasteiger charge is 2.14. The monoisotopic (exact) mass is 426 g/mol. The Labute approximate surface area is 178 Å². The van der Waals surface area contributed by atoms with Crippen LogP contribution in [-0.2, 0) is 0 Å². The number of aromatic nitrogens is 6. The molecule has 0 atom stereocenters. The van der Waals surface area contributed by atoms with E-state index in [-0.39, 0.29) is 11.4 Å². The standard InChI is InChI=1S/C22H15FN8O/c23-14-5-3-7-16-18(14)20(30-28-16)26-19-12-4-1-2-6-15(12)25-22(27-19)24-11-8-9-13-17(10-11)29-31-21(13)32/h1-10H,(H2,29,31,32)(H3,24,25,26,27,28,30). The summed E-state index contributed by atoms with van der Waals surface area (Å²) in [5, 5.41) is 20.4. The smallest absolute Gasteiger partial charge is 0.271 e. The van der Waals surface area contributed by atoms with Crippen molar-refractivity contribution in [2.45, 2.75) is 0 Å². The Bertz CT molecular complexity index is 1680. The van der Waals surface area contributed by atoms with Crippen molar-refractivity contribution in [2.75, 3.05) is 10.6 Å². The number of para-hydroxylation sites is 1. The van der Waals surface area contributed by atoms with Gasteiger partial charge < -0.3 is 10.6 Å². The maximum atomic E-state index is 14.4. The lowest BCUT2D eigenvalue weighted by Gasteiger charge is -2.11. The maximum absolute atomic E-state index is 14.4. The maximum Gasteiger partial charge on any atom is 0.271 e. The lowest BCUT2D eigenvalue weighted by molar-refractivity contribution is 0.640. The third kappa shape index (κ3) is 2.93. The molecule has 3 aromatic heterocycles. The van der Waals surface area contributed by atoms with Crippen molar-refractivity contribution in [2.24, 2.45) is 0 Å². The van der Waals surface area contributed by atoms with Crippen molar-refractivity contribution >= 4 is 56.0 Å². The number of nitrogens with one attached hydrogen (secondary N) is 5. The van der Waals surface area contributed by atoms with E-state index in [2.05, 4.69) is 41.0 Å². The van der Waals surface area contributed by atoms with Crippen LogP contribution in [0.4, 0.5) is 27.7 Å². The Morgan fingerprint density at radius 2 is 1.72 bits per heavy atom. The molecule has 6 aromatic rings. The molecule has 9 nitrogen and oxygen atoms in total. The molecule has 0 fully saturated rings. The van der Waals surface area contributed by atoms with E-state index in [4.69, 9.17) is 0 Å². The predicted molar refractivity (Wildman–Crippen MR) is 121 cm³/mol. The van der Waals surface area contributed by atoms with Crippen LogP contribution in [0, 0.1) is 5.82 Å². The fourth-order valence-electron chi connectivity index (χ4n) is 3.70. The van der Waals surface area contributed by atoms with Gasteiger partial charge in [0.25, 0.3) is 5.56 Å². The van der Waals surface area contributed by atoms with Gasteiger partial charge in [-0.2, -0.15) is 10.1 Å². The van der Waals surface area contributed by atoms with E-state index in [1.807, 2.05) is 24.3 Å². The number of aromatic amines is 3. The van der Waals surface area contributed by atoms with E-state index >= 15 is 0 Å². The van der Waals surface area contributed by atoms with E-state index in [9.17, 15) is 9.18 Å². The first kappa shape index (κ1) is 18.1. The van der Waals surface area contributed by atoms with Crippen molar-refractivity contribution < 1.29 is 4.39 Å². The summed E-state index contributed by atoms with van der Waals surface area (Å²) in [5.41, 5.74) is 2.46. The van der Waals surface area contributed by atoms with Gasteiger partial charge in [-0.1, -0.05) is 18.2 Å². The molecule has 0 amide bonds. The molecule has 5 N–H and O–H groups in total.